The Bertz CT molecular complexity index is 648. The molecule has 1 aliphatic heterocycles. The van der Waals surface area contributed by atoms with Crippen molar-refractivity contribution in [1.82, 2.24) is 4.90 Å². The lowest BCUT2D eigenvalue weighted by atomic mass is 10.3. The number of thioether (sulfide) groups is 1. The maximum atomic E-state index is 12.2. The number of furan rings is 1. The van der Waals surface area contributed by atoms with Gasteiger partial charge in [-0.1, -0.05) is 0 Å². The minimum absolute atomic E-state index is 0.191. The minimum Gasteiger partial charge on any atom is -0.462 e. The largest absolute Gasteiger partial charge is 0.462 e. The highest BCUT2D eigenvalue weighted by molar-refractivity contribution is 9.13. The van der Waals surface area contributed by atoms with E-state index in [0.29, 0.717) is 14.9 Å². The van der Waals surface area contributed by atoms with Crippen molar-refractivity contribution < 1.29 is 23.5 Å². The molecule has 0 aromatic carbocycles. The summed E-state index contributed by atoms with van der Waals surface area (Å²) in [7, 11) is 0. The smallest absolute Gasteiger partial charge is 0.326 e. The first-order chi connectivity index (χ1) is 10.3. The lowest BCUT2D eigenvalue weighted by Crippen LogP contribution is -2.35. The number of hydrogen-bond acceptors (Lipinski definition) is 6. The molecule has 0 N–H and O–H groups in total. The van der Waals surface area contributed by atoms with Crippen LogP contribution in [0.3, 0.4) is 0 Å². The van der Waals surface area contributed by atoms with Crippen LogP contribution in [-0.4, -0.2) is 34.7 Å². The molecule has 1 fully saturated rings. The quantitative estimate of drug-likeness (QED) is 0.510. The van der Waals surface area contributed by atoms with Gasteiger partial charge in [0.1, 0.15) is 12.3 Å². The van der Waals surface area contributed by atoms with Crippen LogP contribution >= 0.6 is 43.6 Å². The van der Waals surface area contributed by atoms with Gasteiger partial charge in [0.05, 0.1) is 15.5 Å². The van der Waals surface area contributed by atoms with Gasteiger partial charge in [0.15, 0.2) is 4.67 Å². The average Bonchev–Trinajstić information content (AvgIpc) is 2.83. The van der Waals surface area contributed by atoms with Gasteiger partial charge in [0, 0.05) is 6.08 Å². The number of hydrogen-bond donors (Lipinski definition) is 0. The van der Waals surface area contributed by atoms with Crippen molar-refractivity contribution in [2.75, 3.05) is 6.54 Å². The Hall–Kier alpha value is -1.06. The number of esters is 1. The molecule has 2 amide bonds. The fourth-order valence-electron chi connectivity index (χ4n) is 1.63. The lowest BCUT2D eigenvalue weighted by Gasteiger charge is -2.13. The van der Waals surface area contributed by atoms with Crippen molar-refractivity contribution in [2.45, 2.75) is 20.0 Å². The zero-order valence-corrected chi connectivity index (χ0v) is 15.6. The predicted molar refractivity (Wildman–Crippen MR) is 88.0 cm³/mol. The summed E-state index contributed by atoms with van der Waals surface area (Å²) in [4.78, 5) is 36.7. The van der Waals surface area contributed by atoms with E-state index in [4.69, 9.17) is 9.15 Å². The molecular weight excluding hydrogens is 442 g/mol. The highest BCUT2D eigenvalue weighted by Crippen LogP contribution is 2.34. The fraction of sp³-hybridized carbons (Fsp3) is 0.308. The Morgan fingerprint density at radius 2 is 2.14 bits per heavy atom. The standard InChI is InChI=1S/C13H11Br2NO5S/c1-6(2)20-10(17)5-16-12(18)9(22-13(16)19)4-7-3-8(14)11(15)21-7/h3-4,6H,5H2,1-2H3/b9-4+. The summed E-state index contributed by atoms with van der Waals surface area (Å²) in [6.07, 6.45) is 1.15. The molecule has 0 saturated carbocycles. The molecule has 1 aliphatic rings. The van der Waals surface area contributed by atoms with E-state index in [-0.39, 0.29) is 11.0 Å². The summed E-state index contributed by atoms with van der Waals surface area (Å²) < 4.78 is 11.4. The predicted octanol–water partition coefficient (Wildman–Crippen LogP) is 3.79. The van der Waals surface area contributed by atoms with Crippen molar-refractivity contribution in [1.29, 1.82) is 0 Å². The van der Waals surface area contributed by atoms with Crippen molar-refractivity contribution >= 4 is 66.8 Å². The lowest BCUT2D eigenvalue weighted by molar-refractivity contribution is -0.149. The molecule has 0 unspecified atom stereocenters. The van der Waals surface area contributed by atoms with Crippen LogP contribution in [-0.2, 0) is 14.3 Å². The third-order valence-corrected chi connectivity index (χ3v) is 5.08. The van der Waals surface area contributed by atoms with Crippen molar-refractivity contribution in [3.05, 3.63) is 25.9 Å². The fourth-order valence-corrected chi connectivity index (χ4v) is 3.06. The van der Waals surface area contributed by atoms with Gasteiger partial charge in [0.25, 0.3) is 11.1 Å². The zero-order chi connectivity index (χ0) is 16.4. The number of imide groups is 1. The molecule has 118 valence electrons. The molecular formula is C13H11Br2NO5S. The second kappa shape index (κ2) is 7.01. The summed E-state index contributed by atoms with van der Waals surface area (Å²) in [6, 6.07) is 1.66. The van der Waals surface area contributed by atoms with E-state index in [2.05, 4.69) is 31.9 Å². The topological polar surface area (TPSA) is 76.8 Å². The minimum atomic E-state index is -0.623. The molecule has 1 saturated heterocycles. The van der Waals surface area contributed by atoms with Gasteiger partial charge in [-0.25, -0.2) is 0 Å². The Morgan fingerprint density at radius 3 is 2.68 bits per heavy atom. The number of rotatable bonds is 4. The van der Waals surface area contributed by atoms with Gasteiger partial charge in [-0.05, 0) is 63.5 Å². The molecule has 1 aromatic heterocycles. The van der Waals surface area contributed by atoms with Gasteiger partial charge in [-0.2, -0.15) is 0 Å². The van der Waals surface area contributed by atoms with E-state index in [9.17, 15) is 14.4 Å². The van der Waals surface area contributed by atoms with Crippen LogP contribution in [0.25, 0.3) is 6.08 Å². The van der Waals surface area contributed by atoms with Gasteiger partial charge in [-0.15, -0.1) is 0 Å². The SMILES string of the molecule is CC(C)OC(=O)CN1C(=O)S/C(=C/c2cc(Br)c(Br)o2)C1=O. The summed E-state index contributed by atoms with van der Waals surface area (Å²) in [5.41, 5.74) is 0. The van der Waals surface area contributed by atoms with Crippen LogP contribution in [0.1, 0.15) is 19.6 Å². The Balaban J connectivity index is 2.13. The molecule has 0 spiro atoms. The van der Waals surface area contributed by atoms with E-state index >= 15 is 0 Å². The van der Waals surface area contributed by atoms with Gasteiger partial charge >= 0.3 is 5.97 Å². The number of amides is 2. The van der Waals surface area contributed by atoms with Crippen molar-refractivity contribution in [3.63, 3.8) is 0 Å². The number of nitrogens with zero attached hydrogens (tertiary/aromatic N) is 1. The van der Waals surface area contributed by atoms with Crippen LogP contribution in [0.5, 0.6) is 0 Å². The van der Waals surface area contributed by atoms with Crippen LogP contribution < -0.4 is 0 Å². The summed E-state index contributed by atoms with van der Waals surface area (Å²) in [5.74, 6) is -0.754. The van der Waals surface area contributed by atoms with Crippen LogP contribution in [0.15, 0.2) is 24.5 Å². The van der Waals surface area contributed by atoms with Gasteiger partial charge < -0.3 is 9.15 Å². The second-order valence-electron chi connectivity index (χ2n) is 4.58. The Kier molecular flexibility index (Phi) is 5.51. The first-order valence-electron chi connectivity index (χ1n) is 6.17. The van der Waals surface area contributed by atoms with Gasteiger partial charge in [-0.3, -0.25) is 19.3 Å². The molecule has 6 nitrogen and oxygen atoms in total. The molecule has 0 radical (unpaired) electrons. The third kappa shape index (κ3) is 4.02. The van der Waals surface area contributed by atoms with Crippen LogP contribution in [0.2, 0.25) is 0 Å². The normalized spacial score (nSPS) is 17.0. The molecule has 9 heteroatoms. The summed E-state index contributed by atoms with van der Waals surface area (Å²) >= 11 is 7.20. The average molecular weight is 453 g/mol. The third-order valence-electron chi connectivity index (χ3n) is 2.47. The Morgan fingerprint density at radius 1 is 1.45 bits per heavy atom. The van der Waals surface area contributed by atoms with Crippen molar-refractivity contribution in [3.8, 4) is 0 Å². The number of ether oxygens (including phenoxy) is 1. The number of halogens is 2. The molecule has 1 aromatic rings. The molecule has 0 aliphatic carbocycles. The molecule has 2 heterocycles. The maximum absolute atomic E-state index is 12.2. The summed E-state index contributed by atoms with van der Waals surface area (Å²) in [5, 5.41) is -0.512. The first-order valence-corrected chi connectivity index (χ1v) is 8.58. The molecule has 22 heavy (non-hydrogen) atoms. The highest BCUT2D eigenvalue weighted by Gasteiger charge is 2.37. The monoisotopic (exact) mass is 451 g/mol. The van der Waals surface area contributed by atoms with E-state index in [1.54, 1.807) is 19.9 Å². The highest BCUT2D eigenvalue weighted by atomic mass is 79.9. The first kappa shape index (κ1) is 17.3. The maximum Gasteiger partial charge on any atom is 0.326 e. The molecule has 0 atom stereocenters. The Labute approximate surface area is 147 Å². The second-order valence-corrected chi connectivity index (χ2v) is 7.14. The molecule has 2 rings (SSSR count). The van der Waals surface area contributed by atoms with Crippen LogP contribution in [0, 0.1) is 0 Å². The molecule has 0 bridgehead atoms. The number of carbonyl (C=O) groups excluding carboxylic acids is 3. The van der Waals surface area contributed by atoms with Crippen molar-refractivity contribution in [2.24, 2.45) is 0 Å². The van der Waals surface area contributed by atoms with Crippen LogP contribution in [0.4, 0.5) is 4.79 Å². The zero-order valence-electron chi connectivity index (χ0n) is 11.6. The summed E-state index contributed by atoms with van der Waals surface area (Å²) in [6.45, 7) is 2.99. The van der Waals surface area contributed by atoms with E-state index < -0.39 is 23.7 Å². The van der Waals surface area contributed by atoms with Gasteiger partial charge in [0.2, 0.25) is 0 Å². The van der Waals surface area contributed by atoms with E-state index in [1.807, 2.05) is 0 Å². The van der Waals surface area contributed by atoms with E-state index in [0.717, 1.165) is 16.7 Å². The number of carbonyl (C=O) groups is 3. The van der Waals surface area contributed by atoms with E-state index in [1.165, 1.54) is 6.08 Å².